The van der Waals surface area contributed by atoms with Crippen molar-refractivity contribution in [3.05, 3.63) is 59.7 Å². The molecule has 2 N–H and O–H groups in total. The van der Waals surface area contributed by atoms with Crippen molar-refractivity contribution < 1.29 is 32.6 Å². The van der Waals surface area contributed by atoms with Crippen LogP contribution in [-0.2, 0) is 37.1 Å². The van der Waals surface area contributed by atoms with Crippen LogP contribution >= 0.6 is 0 Å². The fourth-order valence-electron chi connectivity index (χ4n) is 3.45. The molecule has 0 aliphatic heterocycles. The van der Waals surface area contributed by atoms with E-state index in [-0.39, 0.29) is 5.69 Å². The van der Waals surface area contributed by atoms with Crippen LogP contribution in [0, 0.1) is 0 Å². The normalized spacial score (nSPS) is 12.6. The minimum absolute atomic E-state index is 0.225. The highest BCUT2D eigenvalue weighted by Gasteiger charge is 2.30. The number of carbonyl (C=O) groups excluding carboxylic acids is 1. The summed E-state index contributed by atoms with van der Waals surface area (Å²) in [6.45, 7) is 7.85. The van der Waals surface area contributed by atoms with Gasteiger partial charge in [-0.1, -0.05) is 24.3 Å². The van der Waals surface area contributed by atoms with Crippen molar-refractivity contribution in [3.63, 3.8) is 0 Å². The van der Waals surface area contributed by atoms with Crippen molar-refractivity contribution in [2.24, 2.45) is 0 Å². The Morgan fingerprint density at radius 3 is 2.11 bits per heavy atom. The smallest absolute Gasteiger partial charge is 0.428 e. The van der Waals surface area contributed by atoms with Gasteiger partial charge in [0.1, 0.15) is 5.60 Å². The minimum Gasteiger partial charge on any atom is -0.479 e. The van der Waals surface area contributed by atoms with E-state index in [4.69, 9.17) is 9.47 Å². The van der Waals surface area contributed by atoms with E-state index in [9.17, 15) is 23.1 Å². The molecule has 2 aromatic carbocycles. The van der Waals surface area contributed by atoms with Gasteiger partial charge < -0.3 is 19.9 Å². The number of nitrogens with one attached hydrogen (secondary N) is 1. The molecule has 1 unspecified atom stereocenters. The van der Waals surface area contributed by atoms with Crippen LogP contribution in [0.15, 0.2) is 48.5 Å². The Morgan fingerprint density at radius 2 is 1.61 bits per heavy atom. The number of carboxylic acid groups (broad SMARTS) is 1. The average Bonchev–Trinajstić information content (AvgIpc) is 2.76. The second-order valence-electron chi connectivity index (χ2n) is 9.39. The summed E-state index contributed by atoms with van der Waals surface area (Å²) in [6.07, 6.45) is 1.06. The Morgan fingerprint density at radius 1 is 1.03 bits per heavy atom. The van der Waals surface area contributed by atoms with Crippen molar-refractivity contribution in [1.82, 2.24) is 0 Å². The molecule has 1 amide bonds. The highest BCUT2D eigenvalue weighted by molar-refractivity contribution is 7.92. The first kappa shape index (κ1) is 29.1. The lowest BCUT2D eigenvalue weighted by Crippen LogP contribution is -2.40. The van der Waals surface area contributed by atoms with E-state index in [0.29, 0.717) is 23.9 Å². The standard InChI is InChI=1S/C26H36N2O7S/c1-6-34-23(24(29)30)18-20-9-13-21(14-10-20)27-17-7-8-19-11-15-22(16-12-19)28(36(5,32)33)25(31)35-26(2,3)4/h9-16,23,27H,6-8,17-18H2,1-5H3,(H,29,30). The number of amides is 1. The first-order valence-corrected chi connectivity index (χ1v) is 13.6. The maximum absolute atomic E-state index is 12.5. The zero-order chi connectivity index (χ0) is 26.9. The summed E-state index contributed by atoms with van der Waals surface area (Å²) in [5, 5.41) is 12.5. The molecule has 1 atom stereocenters. The van der Waals surface area contributed by atoms with Gasteiger partial charge in [0.15, 0.2) is 6.10 Å². The number of ether oxygens (including phenoxy) is 2. The molecule has 0 aliphatic rings. The van der Waals surface area contributed by atoms with Crippen molar-refractivity contribution in [2.75, 3.05) is 29.0 Å². The molecular weight excluding hydrogens is 484 g/mol. The van der Waals surface area contributed by atoms with Crippen LogP contribution in [0.1, 0.15) is 45.2 Å². The summed E-state index contributed by atoms with van der Waals surface area (Å²) < 4.78 is 35.6. The van der Waals surface area contributed by atoms with Crippen molar-refractivity contribution in [2.45, 2.75) is 58.7 Å². The number of rotatable bonds is 12. The lowest BCUT2D eigenvalue weighted by atomic mass is 10.1. The number of anilines is 2. The summed E-state index contributed by atoms with van der Waals surface area (Å²) in [5.74, 6) is -0.971. The van der Waals surface area contributed by atoms with Crippen LogP contribution in [0.25, 0.3) is 0 Å². The molecule has 0 aliphatic carbocycles. The number of aliphatic carboxylic acids is 1. The van der Waals surface area contributed by atoms with Crippen LogP contribution in [0.4, 0.5) is 16.2 Å². The number of carboxylic acids is 1. The van der Waals surface area contributed by atoms with Crippen LogP contribution in [0.3, 0.4) is 0 Å². The monoisotopic (exact) mass is 520 g/mol. The molecule has 36 heavy (non-hydrogen) atoms. The largest absolute Gasteiger partial charge is 0.479 e. The summed E-state index contributed by atoms with van der Waals surface area (Å²) in [7, 11) is -3.86. The Bertz CT molecular complexity index is 1110. The molecular formula is C26H36N2O7S. The zero-order valence-electron chi connectivity index (χ0n) is 21.5. The molecule has 0 heterocycles. The molecule has 2 rings (SSSR count). The first-order valence-electron chi connectivity index (χ1n) is 11.8. The molecule has 0 bridgehead atoms. The lowest BCUT2D eigenvalue weighted by molar-refractivity contribution is -0.149. The molecule has 198 valence electrons. The van der Waals surface area contributed by atoms with Gasteiger partial charge in [0.25, 0.3) is 0 Å². The van der Waals surface area contributed by atoms with Gasteiger partial charge in [-0.25, -0.2) is 18.0 Å². The first-order chi connectivity index (χ1) is 16.8. The van der Waals surface area contributed by atoms with Gasteiger partial charge in [-0.15, -0.1) is 0 Å². The molecule has 2 aromatic rings. The second kappa shape index (κ2) is 12.7. The van der Waals surface area contributed by atoms with Gasteiger partial charge >= 0.3 is 12.1 Å². The van der Waals surface area contributed by atoms with Crippen LogP contribution in [0.5, 0.6) is 0 Å². The lowest BCUT2D eigenvalue weighted by Gasteiger charge is -2.26. The van der Waals surface area contributed by atoms with E-state index in [1.165, 1.54) is 0 Å². The number of sulfonamides is 1. The average molecular weight is 521 g/mol. The molecule has 0 saturated heterocycles. The molecule has 0 radical (unpaired) electrons. The van der Waals surface area contributed by atoms with E-state index >= 15 is 0 Å². The number of benzene rings is 2. The highest BCUT2D eigenvalue weighted by Crippen LogP contribution is 2.22. The van der Waals surface area contributed by atoms with Crippen molar-refractivity contribution in [1.29, 1.82) is 0 Å². The van der Waals surface area contributed by atoms with Crippen LogP contribution in [0.2, 0.25) is 0 Å². The van der Waals surface area contributed by atoms with Crippen LogP contribution < -0.4 is 9.62 Å². The van der Waals surface area contributed by atoms with Crippen molar-refractivity contribution in [3.8, 4) is 0 Å². The van der Waals surface area contributed by atoms with Gasteiger partial charge in [0.2, 0.25) is 10.0 Å². The quantitative estimate of drug-likeness (QED) is 0.393. The third-order valence-corrected chi connectivity index (χ3v) is 6.07. The Kier molecular flexibility index (Phi) is 10.3. The maximum Gasteiger partial charge on any atom is 0.428 e. The zero-order valence-corrected chi connectivity index (χ0v) is 22.3. The molecule has 10 heteroatoms. The van der Waals surface area contributed by atoms with Gasteiger partial charge in [-0.2, -0.15) is 4.31 Å². The van der Waals surface area contributed by atoms with E-state index in [1.807, 2.05) is 24.3 Å². The number of hydrogen-bond acceptors (Lipinski definition) is 7. The summed E-state index contributed by atoms with van der Waals surface area (Å²) in [4.78, 5) is 23.7. The third kappa shape index (κ3) is 9.50. The van der Waals surface area contributed by atoms with E-state index in [1.54, 1.807) is 52.0 Å². The molecule has 0 saturated carbocycles. The molecule has 0 fully saturated rings. The van der Waals surface area contributed by atoms with Gasteiger partial charge in [-0.05, 0) is 75.9 Å². The van der Waals surface area contributed by atoms with Gasteiger partial charge in [0.05, 0.1) is 11.9 Å². The predicted molar refractivity (Wildman–Crippen MR) is 140 cm³/mol. The minimum atomic E-state index is -3.86. The Balaban J connectivity index is 1.89. The number of carbonyl (C=O) groups is 2. The SMILES string of the molecule is CCOC(Cc1ccc(NCCCc2ccc(N(C(=O)OC(C)(C)C)S(C)(=O)=O)cc2)cc1)C(=O)O. The van der Waals surface area contributed by atoms with E-state index in [0.717, 1.165) is 35.9 Å². The van der Waals surface area contributed by atoms with Gasteiger partial charge in [0, 0.05) is 25.3 Å². The van der Waals surface area contributed by atoms with E-state index in [2.05, 4.69) is 5.32 Å². The molecule has 0 aromatic heterocycles. The van der Waals surface area contributed by atoms with E-state index < -0.39 is 33.8 Å². The molecule has 9 nitrogen and oxygen atoms in total. The fraction of sp³-hybridized carbons (Fsp3) is 0.462. The molecule has 0 spiro atoms. The third-order valence-electron chi connectivity index (χ3n) is 5.05. The number of nitrogens with zero attached hydrogens (tertiary/aromatic N) is 1. The summed E-state index contributed by atoms with van der Waals surface area (Å²) >= 11 is 0. The maximum atomic E-state index is 12.5. The fourth-order valence-corrected chi connectivity index (χ4v) is 4.26. The van der Waals surface area contributed by atoms with Crippen molar-refractivity contribution >= 4 is 33.5 Å². The Labute approximate surface area is 213 Å². The van der Waals surface area contributed by atoms with Gasteiger partial charge in [-0.3, -0.25) is 0 Å². The summed E-state index contributed by atoms with van der Waals surface area (Å²) in [6, 6.07) is 14.4. The highest BCUT2D eigenvalue weighted by atomic mass is 32.2. The summed E-state index contributed by atoms with van der Waals surface area (Å²) in [5.41, 5.74) is 2.22. The van der Waals surface area contributed by atoms with Crippen LogP contribution in [-0.4, -0.2) is 56.7 Å². The Hall–Kier alpha value is -3.11. The predicted octanol–water partition coefficient (Wildman–Crippen LogP) is 4.46. The second-order valence-corrected chi connectivity index (χ2v) is 11.2. The number of aryl methyl sites for hydroxylation is 1. The number of hydrogen-bond donors (Lipinski definition) is 2. The topological polar surface area (TPSA) is 122 Å².